The van der Waals surface area contributed by atoms with E-state index in [1.165, 1.54) is 11.8 Å². The number of hydrogen-bond donors (Lipinski definition) is 1. The number of halogens is 1. The predicted octanol–water partition coefficient (Wildman–Crippen LogP) is 3.62. The van der Waals surface area contributed by atoms with Crippen molar-refractivity contribution < 1.29 is 19.1 Å². The van der Waals surface area contributed by atoms with Gasteiger partial charge in [0, 0.05) is 35.8 Å². The molecule has 0 saturated carbocycles. The number of fused-ring (bicyclic) bond motifs is 1. The molecule has 9 nitrogen and oxygen atoms in total. The van der Waals surface area contributed by atoms with Crippen LogP contribution in [0.15, 0.2) is 53.9 Å². The molecule has 2 amide bonds. The first-order chi connectivity index (χ1) is 16.6. The Labute approximate surface area is 205 Å². The minimum atomic E-state index is -0.145. The van der Waals surface area contributed by atoms with E-state index in [2.05, 4.69) is 15.5 Å². The van der Waals surface area contributed by atoms with Crippen LogP contribution in [0.2, 0.25) is 5.02 Å². The Morgan fingerprint density at radius 2 is 1.94 bits per heavy atom. The van der Waals surface area contributed by atoms with Crippen LogP contribution in [-0.4, -0.2) is 57.1 Å². The van der Waals surface area contributed by atoms with Gasteiger partial charge in [0.15, 0.2) is 16.7 Å². The number of thioether (sulfide) groups is 1. The smallest absolute Gasteiger partial charge is 0.233 e. The van der Waals surface area contributed by atoms with E-state index in [0.29, 0.717) is 53.3 Å². The molecule has 1 N–H and O–H groups in total. The number of ether oxygens (including phenoxy) is 2. The lowest BCUT2D eigenvalue weighted by molar-refractivity contribution is -0.132. The highest BCUT2D eigenvalue weighted by molar-refractivity contribution is 7.99. The third kappa shape index (κ3) is 4.97. The van der Waals surface area contributed by atoms with E-state index in [1.807, 2.05) is 18.2 Å². The molecule has 5 rings (SSSR count). The van der Waals surface area contributed by atoms with Crippen molar-refractivity contribution in [1.29, 1.82) is 0 Å². The largest absolute Gasteiger partial charge is 0.454 e. The molecule has 1 saturated heterocycles. The van der Waals surface area contributed by atoms with Gasteiger partial charge in [0.25, 0.3) is 0 Å². The van der Waals surface area contributed by atoms with Crippen LogP contribution in [0.3, 0.4) is 0 Å². The SMILES string of the molecule is O=C(Nc1ccc2c(c1)OCO2)C1CCN(C(=O)CSc2nncn2-c2cccc(Cl)c2)CC1. The molecule has 0 unspecified atom stereocenters. The lowest BCUT2D eigenvalue weighted by atomic mass is 9.96. The van der Waals surface area contributed by atoms with Crippen molar-refractivity contribution in [3.63, 3.8) is 0 Å². The number of benzene rings is 2. The van der Waals surface area contributed by atoms with Gasteiger partial charge < -0.3 is 19.7 Å². The number of anilines is 1. The van der Waals surface area contributed by atoms with Crippen LogP contribution >= 0.6 is 23.4 Å². The van der Waals surface area contributed by atoms with Gasteiger partial charge in [0.1, 0.15) is 6.33 Å². The Bertz CT molecular complexity index is 1210. The van der Waals surface area contributed by atoms with E-state index in [-0.39, 0.29) is 30.3 Å². The van der Waals surface area contributed by atoms with E-state index in [4.69, 9.17) is 21.1 Å². The van der Waals surface area contributed by atoms with Crippen molar-refractivity contribution in [2.24, 2.45) is 5.92 Å². The molecular formula is C23H22ClN5O4S. The van der Waals surface area contributed by atoms with Crippen molar-refractivity contribution >= 4 is 40.9 Å². The average Bonchev–Trinajstić information content (AvgIpc) is 3.52. The van der Waals surface area contributed by atoms with Crippen LogP contribution in [0.4, 0.5) is 5.69 Å². The topological polar surface area (TPSA) is 98.6 Å². The molecule has 0 bridgehead atoms. The summed E-state index contributed by atoms with van der Waals surface area (Å²) in [5.41, 5.74) is 1.51. The highest BCUT2D eigenvalue weighted by Crippen LogP contribution is 2.34. The molecule has 1 aromatic heterocycles. The fourth-order valence-electron chi connectivity index (χ4n) is 3.95. The summed E-state index contributed by atoms with van der Waals surface area (Å²) in [7, 11) is 0. The van der Waals surface area contributed by atoms with Crippen molar-refractivity contribution in [3.8, 4) is 17.2 Å². The van der Waals surface area contributed by atoms with E-state index in [1.54, 1.807) is 40.1 Å². The number of carbonyl (C=O) groups excluding carboxylic acids is 2. The van der Waals surface area contributed by atoms with E-state index < -0.39 is 0 Å². The molecule has 2 aromatic carbocycles. The summed E-state index contributed by atoms with van der Waals surface area (Å²) in [4.78, 5) is 27.3. The van der Waals surface area contributed by atoms with Gasteiger partial charge in [-0.15, -0.1) is 10.2 Å². The molecule has 2 aliphatic rings. The van der Waals surface area contributed by atoms with Gasteiger partial charge >= 0.3 is 0 Å². The minimum absolute atomic E-state index is 0.0141. The molecule has 176 valence electrons. The molecule has 3 aromatic rings. The lowest BCUT2D eigenvalue weighted by Gasteiger charge is -2.31. The quantitative estimate of drug-likeness (QED) is 0.517. The molecule has 0 atom stereocenters. The molecule has 0 radical (unpaired) electrons. The van der Waals surface area contributed by atoms with Crippen LogP contribution in [0, 0.1) is 5.92 Å². The second kappa shape index (κ2) is 9.94. The molecule has 0 spiro atoms. The normalized spacial score (nSPS) is 15.4. The Kier molecular flexibility index (Phi) is 6.59. The van der Waals surface area contributed by atoms with E-state index in [9.17, 15) is 9.59 Å². The molecule has 3 heterocycles. The maximum absolute atomic E-state index is 12.8. The number of nitrogens with one attached hydrogen (secondary N) is 1. The van der Waals surface area contributed by atoms with Gasteiger partial charge in [-0.3, -0.25) is 14.2 Å². The summed E-state index contributed by atoms with van der Waals surface area (Å²) in [6.07, 6.45) is 2.83. The highest BCUT2D eigenvalue weighted by Gasteiger charge is 2.28. The zero-order valence-corrected chi connectivity index (χ0v) is 19.7. The molecule has 2 aliphatic heterocycles. The summed E-state index contributed by atoms with van der Waals surface area (Å²) in [5, 5.41) is 12.3. The van der Waals surface area contributed by atoms with Gasteiger partial charge in [-0.2, -0.15) is 0 Å². The monoisotopic (exact) mass is 499 g/mol. The number of likely N-dealkylation sites (tertiary alicyclic amines) is 1. The summed E-state index contributed by atoms with van der Waals surface area (Å²) in [6, 6.07) is 12.7. The molecule has 34 heavy (non-hydrogen) atoms. The number of nitrogens with zero attached hydrogens (tertiary/aromatic N) is 4. The Morgan fingerprint density at radius 3 is 2.76 bits per heavy atom. The van der Waals surface area contributed by atoms with Gasteiger partial charge in [-0.25, -0.2) is 0 Å². The van der Waals surface area contributed by atoms with Crippen LogP contribution in [0.5, 0.6) is 11.5 Å². The number of aromatic nitrogens is 3. The second-order valence-corrected chi connectivity index (χ2v) is 9.34. The third-order valence-corrected chi connectivity index (χ3v) is 6.95. The number of amides is 2. The number of hydrogen-bond acceptors (Lipinski definition) is 7. The Hall–Kier alpha value is -3.24. The van der Waals surface area contributed by atoms with Crippen LogP contribution < -0.4 is 14.8 Å². The first-order valence-corrected chi connectivity index (χ1v) is 12.2. The van der Waals surface area contributed by atoms with Gasteiger partial charge in [0.2, 0.25) is 18.6 Å². The zero-order valence-electron chi connectivity index (χ0n) is 18.1. The summed E-state index contributed by atoms with van der Waals surface area (Å²) in [6.45, 7) is 1.27. The Morgan fingerprint density at radius 1 is 1.12 bits per heavy atom. The minimum Gasteiger partial charge on any atom is -0.454 e. The second-order valence-electron chi connectivity index (χ2n) is 7.96. The summed E-state index contributed by atoms with van der Waals surface area (Å²) < 4.78 is 12.5. The molecule has 0 aliphatic carbocycles. The molecule has 11 heteroatoms. The first-order valence-electron chi connectivity index (χ1n) is 10.8. The summed E-state index contributed by atoms with van der Waals surface area (Å²) in [5.74, 6) is 1.37. The predicted molar refractivity (Wildman–Crippen MR) is 128 cm³/mol. The fourth-order valence-corrected chi connectivity index (χ4v) is 4.97. The number of piperidine rings is 1. The standard InChI is InChI=1S/C23H22ClN5O4S/c24-16-2-1-3-18(10-16)29-13-25-27-23(29)34-12-21(30)28-8-6-15(7-9-28)22(31)26-17-4-5-19-20(11-17)33-14-32-19/h1-5,10-11,13,15H,6-9,12,14H2,(H,26,31). The fraction of sp³-hybridized carbons (Fsp3) is 0.304. The third-order valence-electron chi connectivity index (χ3n) is 5.79. The van der Waals surface area contributed by atoms with Crippen LogP contribution in [-0.2, 0) is 9.59 Å². The lowest BCUT2D eigenvalue weighted by Crippen LogP contribution is -2.42. The van der Waals surface area contributed by atoms with Gasteiger partial charge in [0.05, 0.1) is 11.4 Å². The highest BCUT2D eigenvalue weighted by atomic mass is 35.5. The van der Waals surface area contributed by atoms with Crippen molar-refractivity contribution in [3.05, 3.63) is 53.8 Å². The van der Waals surface area contributed by atoms with Crippen molar-refractivity contribution in [2.75, 3.05) is 31.0 Å². The number of carbonyl (C=O) groups is 2. The average molecular weight is 500 g/mol. The van der Waals surface area contributed by atoms with Gasteiger partial charge in [-0.05, 0) is 43.2 Å². The maximum Gasteiger partial charge on any atom is 0.233 e. The van der Waals surface area contributed by atoms with Crippen LogP contribution in [0.25, 0.3) is 5.69 Å². The van der Waals surface area contributed by atoms with Gasteiger partial charge in [-0.1, -0.05) is 29.4 Å². The number of rotatable bonds is 6. The van der Waals surface area contributed by atoms with E-state index in [0.717, 1.165) is 5.69 Å². The maximum atomic E-state index is 12.8. The molecule has 1 fully saturated rings. The first kappa shape index (κ1) is 22.5. The molecular weight excluding hydrogens is 478 g/mol. The zero-order chi connectivity index (χ0) is 23.5. The Balaban J connectivity index is 1.11. The summed E-state index contributed by atoms with van der Waals surface area (Å²) >= 11 is 7.41. The van der Waals surface area contributed by atoms with Crippen molar-refractivity contribution in [2.45, 2.75) is 18.0 Å². The van der Waals surface area contributed by atoms with Crippen molar-refractivity contribution in [1.82, 2.24) is 19.7 Å². The van der Waals surface area contributed by atoms with Crippen LogP contribution in [0.1, 0.15) is 12.8 Å². The van der Waals surface area contributed by atoms with E-state index >= 15 is 0 Å².